The van der Waals surface area contributed by atoms with Gasteiger partial charge < -0.3 is 14.4 Å². The SMILES string of the molecule is COc1ccc(CN2CCN(c3cccc4c3C(=O)N([C@@H](C)c3cccs3)C4=O)CC2)cc1OC. The number of nitrogens with zero attached hydrogens (tertiary/aromatic N) is 3. The predicted molar refractivity (Wildman–Crippen MR) is 137 cm³/mol. The molecular weight excluding hydrogens is 462 g/mol. The number of thiophene rings is 1. The highest BCUT2D eigenvalue weighted by molar-refractivity contribution is 7.10. The van der Waals surface area contributed by atoms with Gasteiger partial charge in [-0.25, -0.2) is 0 Å². The minimum atomic E-state index is -0.284. The number of fused-ring (bicyclic) bond motifs is 1. The van der Waals surface area contributed by atoms with Crippen LogP contribution in [0.25, 0.3) is 0 Å². The number of carbonyl (C=O) groups is 2. The molecule has 1 saturated heterocycles. The summed E-state index contributed by atoms with van der Waals surface area (Å²) in [5, 5.41) is 1.97. The average Bonchev–Trinajstić information content (AvgIpc) is 3.51. The van der Waals surface area contributed by atoms with Crippen LogP contribution in [0, 0.1) is 0 Å². The summed E-state index contributed by atoms with van der Waals surface area (Å²) in [4.78, 5) is 33.7. The Morgan fingerprint density at radius 3 is 2.37 bits per heavy atom. The third-order valence-corrected chi connectivity index (χ3v) is 7.88. The third-order valence-electron chi connectivity index (χ3n) is 6.83. The first-order valence-corrected chi connectivity index (χ1v) is 12.6. The molecule has 0 saturated carbocycles. The quantitative estimate of drug-likeness (QED) is 0.455. The van der Waals surface area contributed by atoms with Gasteiger partial charge in [-0.2, -0.15) is 0 Å². The van der Waals surface area contributed by atoms with Gasteiger partial charge in [0.25, 0.3) is 11.8 Å². The van der Waals surface area contributed by atoms with Crippen molar-refractivity contribution in [3.63, 3.8) is 0 Å². The monoisotopic (exact) mass is 491 g/mol. The van der Waals surface area contributed by atoms with Crippen molar-refractivity contribution >= 4 is 28.8 Å². The van der Waals surface area contributed by atoms with Gasteiger partial charge in [-0.1, -0.05) is 18.2 Å². The zero-order valence-electron chi connectivity index (χ0n) is 20.2. The van der Waals surface area contributed by atoms with Gasteiger partial charge >= 0.3 is 0 Å². The van der Waals surface area contributed by atoms with Crippen LogP contribution >= 0.6 is 11.3 Å². The molecule has 182 valence electrons. The molecule has 7 nitrogen and oxygen atoms in total. The fourth-order valence-electron chi connectivity index (χ4n) is 4.94. The van der Waals surface area contributed by atoms with Crippen LogP contribution in [0.5, 0.6) is 11.5 Å². The van der Waals surface area contributed by atoms with Crippen LogP contribution in [0.3, 0.4) is 0 Å². The molecule has 0 bridgehead atoms. The van der Waals surface area contributed by atoms with E-state index in [0.29, 0.717) is 11.1 Å². The van der Waals surface area contributed by atoms with E-state index in [2.05, 4.69) is 15.9 Å². The molecule has 3 heterocycles. The first-order valence-electron chi connectivity index (χ1n) is 11.7. The van der Waals surface area contributed by atoms with E-state index in [9.17, 15) is 9.59 Å². The lowest BCUT2D eigenvalue weighted by Gasteiger charge is -2.36. The number of hydrogen-bond acceptors (Lipinski definition) is 7. The number of anilines is 1. The molecule has 0 N–H and O–H groups in total. The van der Waals surface area contributed by atoms with Crippen LogP contribution in [0.15, 0.2) is 53.9 Å². The minimum absolute atomic E-state index is 0.200. The van der Waals surface area contributed by atoms with Gasteiger partial charge in [-0.3, -0.25) is 19.4 Å². The Morgan fingerprint density at radius 2 is 1.69 bits per heavy atom. The van der Waals surface area contributed by atoms with Crippen molar-refractivity contribution in [2.24, 2.45) is 0 Å². The molecule has 2 amide bonds. The van der Waals surface area contributed by atoms with Crippen LogP contribution in [-0.2, 0) is 6.54 Å². The van der Waals surface area contributed by atoms with Crippen molar-refractivity contribution in [2.45, 2.75) is 19.5 Å². The Bertz CT molecular complexity index is 1240. The number of ether oxygens (including phenoxy) is 2. The number of carbonyl (C=O) groups excluding carboxylic acids is 2. The molecule has 8 heteroatoms. The number of hydrogen-bond donors (Lipinski definition) is 0. The zero-order chi connectivity index (χ0) is 24.5. The molecule has 1 aromatic heterocycles. The fraction of sp³-hybridized carbons (Fsp3) is 0.333. The van der Waals surface area contributed by atoms with E-state index in [1.165, 1.54) is 4.90 Å². The number of amides is 2. The van der Waals surface area contributed by atoms with Crippen molar-refractivity contribution in [3.8, 4) is 11.5 Å². The number of piperazine rings is 1. The van der Waals surface area contributed by atoms with Crippen LogP contribution in [0.1, 0.15) is 44.1 Å². The van der Waals surface area contributed by atoms with E-state index in [0.717, 1.165) is 60.4 Å². The van der Waals surface area contributed by atoms with E-state index in [-0.39, 0.29) is 17.9 Å². The van der Waals surface area contributed by atoms with E-state index >= 15 is 0 Å². The van der Waals surface area contributed by atoms with Crippen molar-refractivity contribution in [3.05, 3.63) is 75.5 Å². The van der Waals surface area contributed by atoms with Crippen molar-refractivity contribution in [2.75, 3.05) is 45.3 Å². The lowest BCUT2D eigenvalue weighted by molar-refractivity contribution is 0.0598. The summed E-state index contributed by atoms with van der Waals surface area (Å²) in [5.74, 6) is 1.04. The maximum Gasteiger partial charge on any atom is 0.264 e. The second-order valence-electron chi connectivity index (χ2n) is 8.82. The molecule has 0 spiro atoms. The Labute approximate surface area is 209 Å². The van der Waals surface area contributed by atoms with Crippen molar-refractivity contribution in [1.29, 1.82) is 0 Å². The van der Waals surface area contributed by atoms with E-state index < -0.39 is 0 Å². The van der Waals surface area contributed by atoms with Gasteiger partial charge in [0.2, 0.25) is 0 Å². The summed E-state index contributed by atoms with van der Waals surface area (Å²) in [5.41, 5.74) is 3.06. The first-order chi connectivity index (χ1) is 17.0. The number of imide groups is 1. The Hall–Kier alpha value is -3.36. The second kappa shape index (κ2) is 9.71. The van der Waals surface area contributed by atoms with Crippen LogP contribution in [-0.4, -0.2) is 62.0 Å². The predicted octanol–water partition coefficient (Wildman–Crippen LogP) is 4.44. The largest absolute Gasteiger partial charge is 0.493 e. The van der Waals surface area contributed by atoms with Gasteiger partial charge in [0, 0.05) is 37.6 Å². The average molecular weight is 492 g/mol. The summed E-state index contributed by atoms with van der Waals surface area (Å²) in [6.07, 6.45) is 0. The minimum Gasteiger partial charge on any atom is -0.493 e. The van der Waals surface area contributed by atoms with Gasteiger partial charge in [-0.15, -0.1) is 11.3 Å². The number of methoxy groups -OCH3 is 2. The lowest BCUT2D eigenvalue weighted by Crippen LogP contribution is -2.46. The highest BCUT2D eigenvalue weighted by atomic mass is 32.1. The van der Waals surface area contributed by atoms with Crippen LogP contribution in [0.4, 0.5) is 5.69 Å². The maximum atomic E-state index is 13.5. The van der Waals surface area contributed by atoms with Gasteiger partial charge in [0.15, 0.2) is 11.5 Å². The molecular formula is C27H29N3O4S. The molecule has 2 aliphatic rings. The third kappa shape index (κ3) is 4.28. The van der Waals surface area contributed by atoms with Gasteiger partial charge in [0.05, 0.1) is 37.1 Å². The van der Waals surface area contributed by atoms with Gasteiger partial charge in [-0.05, 0) is 48.2 Å². The van der Waals surface area contributed by atoms with E-state index in [1.807, 2.05) is 48.7 Å². The summed E-state index contributed by atoms with van der Waals surface area (Å²) >= 11 is 1.56. The molecule has 2 aliphatic heterocycles. The Kier molecular flexibility index (Phi) is 6.49. The van der Waals surface area contributed by atoms with E-state index in [4.69, 9.17) is 9.47 Å². The summed E-state index contributed by atoms with van der Waals surface area (Å²) in [7, 11) is 3.28. The normalized spacial score (nSPS) is 17.0. The maximum absolute atomic E-state index is 13.5. The van der Waals surface area contributed by atoms with Crippen molar-refractivity contribution < 1.29 is 19.1 Å². The molecule has 0 radical (unpaired) electrons. The molecule has 5 rings (SSSR count). The summed E-state index contributed by atoms with van der Waals surface area (Å²) in [6, 6.07) is 15.3. The highest BCUT2D eigenvalue weighted by Gasteiger charge is 2.41. The smallest absolute Gasteiger partial charge is 0.264 e. The zero-order valence-corrected chi connectivity index (χ0v) is 21.0. The Balaban J connectivity index is 1.30. The molecule has 1 atom stereocenters. The number of benzene rings is 2. The molecule has 2 aromatic carbocycles. The summed E-state index contributed by atoms with van der Waals surface area (Å²) < 4.78 is 10.8. The number of rotatable bonds is 7. The molecule has 0 unspecified atom stereocenters. The molecule has 0 aliphatic carbocycles. The lowest BCUT2D eigenvalue weighted by atomic mass is 10.1. The summed E-state index contributed by atoms with van der Waals surface area (Å²) in [6.45, 7) is 6.01. The standard InChI is InChI=1S/C27H29N3O4S/c1-18(24-8-5-15-35-24)30-26(31)20-6-4-7-21(25(20)27(30)32)29-13-11-28(12-14-29)17-19-9-10-22(33-2)23(16-19)34-3/h4-10,15-16,18H,11-14,17H2,1-3H3/t18-/m0/s1. The van der Waals surface area contributed by atoms with Crippen molar-refractivity contribution in [1.82, 2.24) is 9.80 Å². The van der Waals surface area contributed by atoms with Crippen LogP contribution < -0.4 is 14.4 Å². The molecule has 1 fully saturated rings. The molecule has 35 heavy (non-hydrogen) atoms. The van der Waals surface area contributed by atoms with Gasteiger partial charge in [0.1, 0.15) is 0 Å². The highest BCUT2D eigenvalue weighted by Crippen LogP contribution is 2.37. The van der Waals surface area contributed by atoms with Crippen LogP contribution in [0.2, 0.25) is 0 Å². The Morgan fingerprint density at radius 1 is 0.914 bits per heavy atom. The fourth-order valence-corrected chi connectivity index (χ4v) is 5.71. The topological polar surface area (TPSA) is 62.3 Å². The second-order valence-corrected chi connectivity index (χ2v) is 9.80. The van der Waals surface area contributed by atoms with E-state index in [1.54, 1.807) is 31.6 Å². The first kappa shape index (κ1) is 23.4. The molecule has 3 aromatic rings.